The molecule has 0 unspecified atom stereocenters. The molecule has 0 bridgehead atoms. The van der Waals surface area contributed by atoms with E-state index in [1.54, 1.807) is 18.2 Å². The Morgan fingerprint density at radius 2 is 1.89 bits per heavy atom. The van der Waals surface area contributed by atoms with Crippen molar-refractivity contribution < 1.29 is 13.7 Å². The van der Waals surface area contributed by atoms with Crippen LogP contribution in [0.4, 0.5) is 0 Å². The molecule has 1 N–H and O–H groups in total. The number of rotatable bonds is 4. The van der Waals surface area contributed by atoms with Gasteiger partial charge >= 0.3 is 0 Å². The van der Waals surface area contributed by atoms with Crippen LogP contribution in [0.2, 0.25) is 5.02 Å². The summed E-state index contributed by atoms with van der Waals surface area (Å²) in [6, 6.07) is 15.4. The maximum atomic E-state index is 12.4. The number of nitrogens with one attached hydrogen (secondary N) is 1. The van der Waals surface area contributed by atoms with Crippen LogP contribution >= 0.6 is 11.6 Å². The fourth-order valence-electron chi connectivity index (χ4n) is 2.75. The van der Waals surface area contributed by atoms with Gasteiger partial charge in [0.25, 0.3) is 5.91 Å². The minimum absolute atomic E-state index is 0.0851. The molecule has 2 aromatic carbocycles. The predicted molar refractivity (Wildman–Crippen MR) is 105 cm³/mol. The Kier molecular flexibility index (Phi) is 4.71. The van der Waals surface area contributed by atoms with Gasteiger partial charge in [-0.2, -0.15) is 0 Å². The van der Waals surface area contributed by atoms with Gasteiger partial charge in [-0.1, -0.05) is 46.6 Å². The smallest absolute Gasteiger partial charge is 0.287 e. The fourth-order valence-corrected chi connectivity index (χ4v) is 2.92. The standard InChI is InChI=1S/C21H15ClN2O4/c1-12-2-4-13(5-3-12)17-9-15(28-24-17)11-23-21(26)20-10-18(25)16-8-14(22)6-7-19(16)27-20/h2-10H,11H2,1H3,(H,23,26). The van der Waals surface area contributed by atoms with Crippen molar-refractivity contribution in [2.45, 2.75) is 13.5 Å². The van der Waals surface area contributed by atoms with Crippen molar-refractivity contribution in [3.8, 4) is 11.3 Å². The predicted octanol–water partition coefficient (Wildman–Crippen LogP) is 4.34. The van der Waals surface area contributed by atoms with Crippen molar-refractivity contribution in [3.05, 3.63) is 86.9 Å². The number of fused-ring (bicyclic) bond motifs is 1. The van der Waals surface area contributed by atoms with Gasteiger partial charge < -0.3 is 14.3 Å². The first-order valence-electron chi connectivity index (χ1n) is 8.54. The quantitative estimate of drug-likeness (QED) is 0.556. The highest BCUT2D eigenvalue weighted by Crippen LogP contribution is 2.20. The lowest BCUT2D eigenvalue weighted by molar-refractivity contribution is 0.0920. The minimum Gasteiger partial charge on any atom is -0.451 e. The molecule has 0 spiro atoms. The molecular formula is C21H15ClN2O4. The van der Waals surface area contributed by atoms with Crippen molar-refractivity contribution in [1.82, 2.24) is 10.5 Å². The Labute approximate surface area is 164 Å². The van der Waals surface area contributed by atoms with E-state index in [0.717, 1.165) is 17.2 Å². The first-order valence-corrected chi connectivity index (χ1v) is 8.91. The number of hydrogen-bond donors (Lipinski definition) is 1. The minimum atomic E-state index is -0.526. The highest BCUT2D eigenvalue weighted by atomic mass is 35.5. The fraction of sp³-hybridized carbons (Fsp3) is 0.0952. The second kappa shape index (κ2) is 7.32. The first-order chi connectivity index (χ1) is 13.5. The van der Waals surface area contributed by atoms with E-state index in [1.165, 1.54) is 6.07 Å². The van der Waals surface area contributed by atoms with Crippen LogP contribution in [0.1, 0.15) is 21.9 Å². The van der Waals surface area contributed by atoms with Crippen LogP contribution in [-0.2, 0) is 6.54 Å². The molecule has 0 aliphatic heterocycles. The molecule has 7 heteroatoms. The summed E-state index contributed by atoms with van der Waals surface area (Å²) in [5.74, 6) is -0.126. The Morgan fingerprint density at radius 1 is 1.11 bits per heavy atom. The van der Waals surface area contributed by atoms with Crippen molar-refractivity contribution in [2.75, 3.05) is 0 Å². The largest absolute Gasteiger partial charge is 0.451 e. The van der Waals surface area contributed by atoms with Gasteiger partial charge in [-0.05, 0) is 25.1 Å². The molecule has 0 atom stereocenters. The molecule has 0 aliphatic rings. The topological polar surface area (TPSA) is 85.3 Å². The zero-order valence-electron chi connectivity index (χ0n) is 14.9. The van der Waals surface area contributed by atoms with Gasteiger partial charge in [-0.25, -0.2) is 0 Å². The van der Waals surface area contributed by atoms with E-state index < -0.39 is 5.91 Å². The Hall–Kier alpha value is -3.38. The molecule has 1 amide bonds. The number of carbonyl (C=O) groups excluding carboxylic acids is 1. The molecule has 0 saturated heterocycles. The molecule has 2 aromatic heterocycles. The summed E-state index contributed by atoms with van der Waals surface area (Å²) in [7, 11) is 0. The number of nitrogens with zero attached hydrogens (tertiary/aromatic N) is 1. The Bertz CT molecular complexity index is 1230. The maximum Gasteiger partial charge on any atom is 0.287 e. The summed E-state index contributed by atoms with van der Waals surface area (Å²) in [5, 5.41) is 7.42. The van der Waals surface area contributed by atoms with Gasteiger partial charge in [0, 0.05) is 22.7 Å². The van der Waals surface area contributed by atoms with Gasteiger partial charge in [0.15, 0.2) is 16.9 Å². The van der Waals surface area contributed by atoms with Crippen LogP contribution in [0, 0.1) is 6.92 Å². The SMILES string of the molecule is Cc1ccc(-c2cc(CNC(=O)c3cc(=O)c4cc(Cl)ccc4o3)on2)cc1. The third-order valence-electron chi connectivity index (χ3n) is 4.24. The van der Waals surface area contributed by atoms with Gasteiger partial charge in [-0.3, -0.25) is 9.59 Å². The molecule has 28 heavy (non-hydrogen) atoms. The van der Waals surface area contributed by atoms with Crippen LogP contribution in [0.3, 0.4) is 0 Å². The number of carbonyl (C=O) groups is 1. The molecule has 4 rings (SSSR count). The molecular weight excluding hydrogens is 380 g/mol. The average molecular weight is 395 g/mol. The van der Waals surface area contributed by atoms with E-state index in [2.05, 4.69) is 10.5 Å². The lowest BCUT2D eigenvalue weighted by atomic mass is 10.1. The monoisotopic (exact) mass is 394 g/mol. The van der Waals surface area contributed by atoms with E-state index in [4.69, 9.17) is 20.5 Å². The summed E-state index contributed by atoms with van der Waals surface area (Å²) >= 11 is 5.89. The zero-order chi connectivity index (χ0) is 19.7. The number of aryl methyl sites for hydroxylation is 1. The van der Waals surface area contributed by atoms with Crippen molar-refractivity contribution in [2.24, 2.45) is 0 Å². The molecule has 0 radical (unpaired) electrons. The van der Waals surface area contributed by atoms with Gasteiger partial charge in [-0.15, -0.1) is 0 Å². The summed E-state index contributed by atoms with van der Waals surface area (Å²) < 4.78 is 10.8. The van der Waals surface area contributed by atoms with Crippen molar-refractivity contribution in [1.29, 1.82) is 0 Å². The Morgan fingerprint density at radius 3 is 2.68 bits per heavy atom. The normalized spacial score (nSPS) is 10.9. The number of benzene rings is 2. The van der Waals surface area contributed by atoms with Crippen molar-refractivity contribution >= 4 is 28.5 Å². The van der Waals surface area contributed by atoms with Gasteiger partial charge in [0.05, 0.1) is 11.9 Å². The summed E-state index contributed by atoms with van der Waals surface area (Å²) in [4.78, 5) is 24.6. The number of hydrogen-bond acceptors (Lipinski definition) is 5. The van der Waals surface area contributed by atoms with E-state index in [0.29, 0.717) is 27.4 Å². The maximum absolute atomic E-state index is 12.4. The summed E-state index contributed by atoms with van der Waals surface area (Å²) in [5.41, 5.74) is 2.71. The second-order valence-corrected chi connectivity index (χ2v) is 6.78. The lowest BCUT2D eigenvalue weighted by Gasteiger charge is -2.04. The molecule has 0 aliphatic carbocycles. The molecule has 4 aromatic rings. The highest BCUT2D eigenvalue weighted by Gasteiger charge is 2.14. The molecule has 6 nitrogen and oxygen atoms in total. The number of aromatic nitrogens is 1. The molecule has 2 heterocycles. The molecule has 0 fully saturated rings. The van der Waals surface area contributed by atoms with Crippen LogP contribution in [-0.4, -0.2) is 11.1 Å². The highest BCUT2D eigenvalue weighted by molar-refractivity contribution is 6.31. The van der Waals surface area contributed by atoms with Crippen LogP contribution in [0.15, 0.2) is 68.3 Å². The van der Waals surface area contributed by atoms with Crippen molar-refractivity contribution in [3.63, 3.8) is 0 Å². The molecule has 140 valence electrons. The summed E-state index contributed by atoms with van der Waals surface area (Å²) in [6.45, 7) is 2.12. The van der Waals surface area contributed by atoms with Crippen LogP contribution in [0.5, 0.6) is 0 Å². The summed E-state index contributed by atoms with van der Waals surface area (Å²) in [6.07, 6.45) is 0. The van der Waals surface area contributed by atoms with Crippen LogP contribution in [0.25, 0.3) is 22.2 Å². The van der Waals surface area contributed by atoms with Gasteiger partial charge in [0.2, 0.25) is 0 Å². The van der Waals surface area contributed by atoms with E-state index in [1.807, 2.05) is 31.2 Å². The average Bonchev–Trinajstić information content (AvgIpc) is 3.16. The third kappa shape index (κ3) is 3.68. The van der Waals surface area contributed by atoms with E-state index >= 15 is 0 Å². The van der Waals surface area contributed by atoms with Gasteiger partial charge in [0.1, 0.15) is 11.3 Å². The van der Waals surface area contributed by atoms with E-state index in [9.17, 15) is 9.59 Å². The Balaban J connectivity index is 1.49. The third-order valence-corrected chi connectivity index (χ3v) is 4.48. The second-order valence-electron chi connectivity index (χ2n) is 6.34. The first kappa shape index (κ1) is 18.0. The number of amides is 1. The molecule has 0 saturated carbocycles. The number of halogens is 1. The zero-order valence-corrected chi connectivity index (χ0v) is 15.6. The lowest BCUT2D eigenvalue weighted by Crippen LogP contribution is -2.23. The van der Waals surface area contributed by atoms with Crippen LogP contribution < -0.4 is 10.7 Å². The van der Waals surface area contributed by atoms with E-state index in [-0.39, 0.29) is 17.7 Å².